The van der Waals surface area contributed by atoms with E-state index < -0.39 is 0 Å². The lowest BCUT2D eigenvalue weighted by Gasteiger charge is -2.44. The molecule has 1 saturated heterocycles. The van der Waals surface area contributed by atoms with Gasteiger partial charge in [0.15, 0.2) is 0 Å². The molecule has 1 saturated carbocycles. The lowest BCUT2D eigenvalue weighted by molar-refractivity contribution is -0.136. The molecule has 1 spiro atoms. The molecule has 2 nitrogen and oxygen atoms in total. The van der Waals surface area contributed by atoms with Gasteiger partial charge in [-0.05, 0) is 30.7 Å². The van der Waals surface area contributed by atoms with E-state index in [1.165, 1.54) is 37.7 Å². The second-order valence-electron chi connectivity index (χ2n) is 6.66. The Kier molecular flexibility index (Phi) is 4.42. The average molecular weight is 273 g/mol. The van der Waals surface area contributed by atoms with E-state index in [2.05, 4.69) is 42.6 Å². The molecule has 1 aliphatic carbocycles. The summed E-state index contributed by atoms with van der Waals surface area (Å²) in [5.74, 6) is 0.571. The lowest BCUT2D eigenvalue weighted by atomic mass is 9.83. The first-order chi connectivity index (χ1) is 9.77. The smallest absolute Gasteiger partial charge is 0.0810 e. The number of rotatable bonds is 3. The van der Waals surface area contributed by atoms with Crippen molar-refractivity contribution in [2.24, 2.45) is 0 Å². The van der Waals surface area contributed by atoms with E-state index in [-0.39, 0.29) is 5.60 Å². The molecule has 0 amide bonds. The fraction of sp³-hybridized carbons (Fsp3) is 0.667. The van der Waals surface area contributed by atoms with Gasteiger partial charge in [0.25, 0.3) is 0 Å². The Morgan fingerprint density at radius 2 is 1.95 bits per heavy atom. The molecule has 0 aromatic heterocycles. The van der Waals surface area contributed by atoms with Crippen molar-refractivity contribution >= 4 is 0 Å². The van der Waals surface area contributed by atoms with Crippen LogP contribution in [0.5, 0.6) is 0 Å². The minimum absolute atomic E-state index is 0.150. The van der Waals surface area contributed by atoms with Gasteiger partial charge in [-0.2, -0.15) is 0 Å². The number of nitrogens with one attached hydrogen (secondary N) is 1. The molecule has 3 rings (SSSR count). The summed E-state index contributed by atoms with van der Waals surface area (Å²) < 4.78 is 6.54. The second-order valence-corrected chi connectivity index (χ2v) is 6.66. The summed E-state index contributed by atoms with van der Waals surface area (Å²) in [6, 6.07) is 10.8. The first-order valence-corrected chi connectivity index (χ1v) is 8.21. The fourth-order valence-electron chi connectivity index (χ4n) is 3.83. The number of morpholine rings is 1. The Morgan fingerprint density at radius 3 is 2.70 bits per heavy atom. The fourth-order valence-corrected chi connectivity index (χ4v) is 3.83. The zero-order valence-corrected chi connectivity index (χ0v) is 12.6. The van der Waals surface area contributed by atoms with Crippen LogP contribution < -0.4 is 5.32 Å². The van der Waals surface area contributed by atoms with Crippen molar-refractivity contribution in [1.82, 2.24) is 5.32 Å². The Balaban J connectivity index is 1.60. The van der Waals surface area contributed by atoms with Crippen LogP contribution in [0.2, 0.25) is 0 Å². The highest BCUT2D eigenvalue weighted by molar-refractivity contribution is 5.18. The Morgan fingerprint density at radius 1 is 1.20 bits per heavy atom. The third-order valence-corrected chi connectivity index (χ3v) is 4.99. The molecule has 2 atom stereocenters. The maximum Gasteiger partial charge on any atom is 0.0810 e. The molecule has 1 heterocycles. The van der Waals surface area contributed by atoms with E-state index >= 15 is 0 Å². The standard InChI is InChI=1S/C18H27NO/c1-15(16-8-4-2-5-9-16)12-17-13-19-14-18(20-17)10-6-3-7-11-18/h2,4-5,8-9,15,17,19H,3,6-7,10-14H2,1H3. The highest BCUT2D eigenvalue weighted by Crippen LogP contribution is 2.35. The quantitative estimate of drug-likeness (QED) is 0.902. The van der Waals surface area contributed by atoms with Gasteiger partial charge in [-0.1, -0.05) is 56.5 Å². The summed E-state index contributed by atoms with van der Waals surface area (Å²) in [6.45, 7) is 4.39. The van der Waals surface area contributed by atoms with Gasteiger partial charge < -0.3 is 10.1 Å². The number of benzene rings is 1. The van der Waals surface area contributed by atoms with Crippen LogP contribution in [-0.4, -0.2) is 24.8 Å². The summed E-state index contributed by atoms with van der Waals surface area (Å²) in [6.07, 6.45) is 8.05. The topological polar surface area (TPSA) is 21.3 Å². The molecule has 1 N–H and O–H groups in total. The predicted octanol–water partition coefficient (Wildman–Crippen LogP) is 3.87. The van der Waals surface area contributed by atoms with Crippen molar-refractivity contribution in [3.8, 4) is 0 Å². The van der Waals surface area contributed by atoms with Gasteiger partial charge in [0.05, 0.1) is 11.7 Å². The monoisotopic (exact) mass is 273 g/mol. The number of hydrogen-bond donors (Lipinski definition) is 1. The zero-order valence-electron chi connectivity index (χ0n) is 12.6. The van der Waals surface area contributed by atoms with Gasteiger partial charge in [-0.3, -0.25) is 0 Å². The van der Waals surface area contributed by atoms with Gasteiger partial charge in [-0.15, -0.1) is 0 Å². The first kappa shape index (κ1) is 14.1. The number of hydrogen-bond acceptors (Lipinski definition) is 2. The van der Waals surface area contributed by atoms with Crippen molar-refractivity contribution in [2.45, 2.75) is 63.1 Å². The average Bonchev–Trinajstić information content (AvgIpc) is 2.49. The molecule has 1 aliphatic heterocycles. The van der Waals surface area contributed by atoms with E-state index in [0.29, 0.717) is 12.0 Å². The van der Waals surface area contributed by atoms with Crippen LogP contribution in [0.1, 0.15) is 56.9 Å². The molecule has 2 unspecified atom stereocenters. The van der Waals surface area contributed by atoms with Crippen LogP contribution in [-0.2, 0) is 4.74 Å². The van der Waals surface area contributed by atoms with Gasteiger partial charge in [0.2, 0.25) is 0 Å². The molecule has 20 heavy (non-hydrogen) atoms. The van der Waals surface area contributed by atoms with E-state index in [0.717, 1.165) is 19.5 Å². The summed E-state index contributed by atoms with van der Waals surface area (Å²) in [4.78, 5) is 0. The van der Waals surface area contributed by atoms with Gasteiger partial charge in [-0.25, -0.2) is 0 Å². The molecule has 0 bridgehead atoms. The van der Waals surface area contributed by atoms with Crippen molar-refractivity contribution in [1.29, 1.82) is 0 Å². The normalized spacial score (nSPS) is 27.4. The van der Waals surface area contributed by atoms with E-state index in [4.69, 9.17) is 4.74 Å². The van der Waals surface area contributed by atoms with Crippen LogP contribution >= 0.6 is 0 Å². The molecular formula is C18H27NO. The largest absolute Gasteiger partial charge is 0.369 e. The van der Waals surface area contributed by atoms with Gasteiger partial charge in [0.1, 0.15) is 0 Å². The third-order valence-electron chi connectivity index (χ3n) is 4.99. The molecule has 0 radical (unpaired) electrons. The Labute approximate surface area is 122 Å². The van der Waals surface area contributed by atoms with Crippen molar-refractivity contribution < 1.29 is 4.74 Å². The summed E-state index contributed by atoms with van der Waals surface area (Å²) >= 11 is 0. The number of ether oxygens (including phenoxy) is 1. The van der Waals surface area contributed by atoms with Gasteiger partial charge >= 0.3 is 0 Å². The summed E-state index contributed by atoms with van der Waals surface area (Å²) in [7, 11) is 0. The molecule has 1 aromatic carbocycles. The van der Waals surface area contributed by atoms with Crippen molar-refractivity contribution in [3.05, 3.63) is 35.9 Å². The van der Waals surface area contributed by atoms with Crippen LogP contribution in [0.3, 0.4) is 0 Å². The van der Waals surface area contributed by atoms with Crippen LogP contribution in [0.4, 0.5) is 0 Å². The Bertz CT molecular complexity index is 405. The van der Waals surface area contributed by atoms with Crippen LogP contribution in [0.15, 0.2) is 30.3 Å². The minimum atomic E-state index is 0.150. The van der Waals surface area contributed by atoms with Crippen LogP contribution in [0.25, 0.3) is 0 Å². The highest BCUT2D eigenvalue weighted by Gasteiger charge is 2.38. The SMILES string of the molecule is CC(CC1CNCC2(CCCCC2)O1)c1ccccc1. The third kappa shape index (κ3) is 3.24. The van der Waals surface area contributed by atoms with E-state index in [1.54, 1.807) is 0 Å². The molecular weight excluding hydrogens is 246 g/mol. The Hall–Kier alpha value is -0.860. The molecule has 2 heteroatoms. The first-order valence-electron chi connectivity index (χ1n) is 8.21. The lowest BCUT2D eigenvalue weighted by Crippen LogP contribution is -2.54. The summed E-state index contributed by atoms with van der Waals surface area (Å²) in [5, 5.41) is 3.63. The minimum Gasteiger partial charge on any atom is -0.369 e. The molecule has 1 aromatic rings. The van der Waals surface area contributed by atoms with E-state index in [9.17, 15) is 0 Å². The summed E-state index contributed by atoms with van der Waals surface area (Å²) in [5.41, 5.74) is 1.58. The molecule has 2 fully saturated rings. The van der Waals surface area contributed by atoms with Crippen molar-refractivity contribution in [2.75, 3.05) is 13.1 Å². The predicted molar refractivity (Wildman–Crippen MR) is 83.0 cm³/mol. The molecule has 110 valence electrons. The van der Waals surface area contributed by atoms with Crippen molar-refractivity contribution in [3.63, 3.8) is 0 Å². The maximum absolute atomic E-state index is 6.54. The zero-order chi connectivity index (χ0) is 13.8. The maximum atomic E-state index is 6.54. The van der Waals surface area contributed by atoms with Gasteiger partial charge in [0, 0.05) is 13.1 Å². The van der Waals surface area contributed by atoms with Crippen LogP contribution in [0, 0.1) is 0 Å². The second kappa shape index (κ2) is 6.28. The molecule has 2 aliphatic rings. The van der Waals surface area contributed by atoms with E-state index in [1.807, 2.05) is 0 Å². The highest BCUT2D eigenvalue weighted by atomic mass is 16.5.